The Morgan fingerprint density at radius 2 is 1.82 bits per heavy atom. The van der Waals surface area contributed by atoms with Crippen molar-refractivity contribution in [1.82, 2.24) is 4.57 Å². The normalized spacial score (nSPS) is 11.5. The second kappa shape index (κ2) is 7.76. The predicted molar refractivity (Wildman–Crippen MR) is 117 cm³/mol. The number of rotatable bonds is 4. The van der Waals surface area contributed by atoms with Crippen LogP contribution in [0.1, 0.15) is 22.3 Å². The van der Waals surface area contributed by atoms with Crippen LogP contribution in [0.3, 0.4) is 0 Å². The van der Waals surface area contributed by atoms with Gasteiger partial charge in [0.1, 0.15) is 0 Å². The Morgan fingerprint density at radius 3 is 2.57 bits per heavy atom. The SMILES string of the molecule is Cc1ccc(/C(C#N)=C/c2cn(Cc3cccc(Cl)c3)c3ccccc23)cc1. The molecule has 0 atom stereocenters. The van der Waals surface area contributed by atoms with E-state index in [1.807, 2.05) is 67.6 Å². The topological polar surface area (TPSA) is 28.7 Å². The summed E-state index contributed by atoms with van der Waals surface area (Å²) in [5.74, 6) is 0. The summed E-state index contributed by atoms with van der Waals surface area (Å²) in [5, 5.41) is 11.6. The van der Waals surface area contributed by atoms with Gasteiger partial charge in [0.2, 0.25) is 0 Å². The van der Waals surface area contributed by atoms with E-state index < -0.39 is 0 Å². The molecule has 0 spiro atoms. The summed E-state index contributed by atoms with van der Waals surface area (Å²) in [4.78, 5) is 0. The molecule has 0 N–H and O–H groups in total. The maximum atomic E-state index is 9.71. The van der Waals surface area contributed by atoms with Crippen molar-refractivity contribution < 1.29 is 0 Å². The van der Waals surface area contributed by atoms with Crippen molar-refractivity contribution in [3.05, 3.63) is 106 Å². The summed E-state index contributed by atoms with van der Waals surface area (Å²) >= 11 is 6.15. The van der Waals surface area contributed by atoms with Crippen LogP contribution in [0.15, 0.2) is 79.0 Å². The van der Waals surface area contributed by atoms with Gasteiger partial charge in [-0.2, -0.15) is 5.26 Å². The molecule has 3 aromatic carbocycles. The lowest BCUT2D eigenvalue weighted by Gasteiger charge is -2.05. The molecule has 4 aromatic rings. The van der Waals surface area contributed by atoms with E-state index in [1.54, 1.807) is 0 Å². The van der Waals surface area contributed by atoms with Crippen LogP contribution in [-0.2, 0) is 6.54 Å². The number of nitrogens with zero attached hydrogens (tertiary/aromatic N) is 2. The molecule has 3 heteroatoms. The van der Waals surface area contributed by atoms with Gasteiger partial charge in [0.15, 0.2) is 0 Å². The van der Waals surface area contributed by atoms with Crippen molar-refractivity contribution in [2.24, 2.45) is 0 Å². The Balaban J connectivity index is 1.79. The fourth-order valence-corrected chi connectivity index (χ4v) is 3.63. The van der Waals surface area contributed by atoms with Crippen LogP contribution in [0, 0.1) is 18.3 Å². The number of allylic oxidation sites excluding steroid dienone is 1. The molecule has 28 heavy (non-hydrogen) atoms. The van der Waals surface area contributed by atoms with Crippen LogP contribution in [-0.4, -0.2) is 4.57 Å². The maximum Gasteiger partial charge on any atom is 0.0998 e. The molecule has 0 radical (unpaired) electrons. The summed E-state index contributed by atoms with van der Waals surface area (Å²) < 4.78 is 2.21. The monoisotopic (exact) mass is 382 g/mol. The van der Waals surface area contributed by atoms with Crippen LogP contribution in [0.2, 0.25) is 5.02 Å². The smallest absolute Gasteiger partial charge is 0.0998 e. The third-order valence-corrected chi connectivity index (χ3v) is 5.08. The molecule has 1 aromatic heterocycles. The number of halogens is 1. The standard InChI is InChI=1S/C25H19ClN2/c1-18-9-11-20(12-10-18)21(15-27)14-22-17-28(25-8-3-2-7-24(22)25)16-19-5-4-6-23(26)13-19/h2-14,17H,16H2,1H3/b21-14+. The molecule has 136 valence electrons. The van der Waals surface area contributed by atoms with Gasteiger partial charge in [0.05, 0.1) is 11.6 Å². The maximum absolute atomic E-state index is 9.71. The van der Waals surface area contributed by atoms with Gasteiger partial charge in [-0.25, -0.2) is 0 Å². The Morgan fingerprint density at radius 1 is 1.04 bits per heavy atom. The zero-order valence-corrected chi connectivity index (χ0v) is 16.3. The molecule has 0 aliphatic heterocycles. The van der Waals surface area contributed by atoms with Gasteiger partial charge < -0.3 is 4.57 Å². The van der Waals surface area contributed by atoms with Gasteiger partial charge >= 0.3 is 0 Å². The van der Waals surface area contributed by atoms with Crippen LogP contribution in [0.4, 0.5) is 0 Å². The largest absolute Gasteiger partial charge is 0.342 e. The third kappa shape index (κ3) is 3.71. The molecule has 0 bridgehead atoms. The average molecular weight is 383 g/mol. The Labute approximate surface area is 169 Å². The highest BCUT2D eigenvalue weighted by Gasteiger charge is 2.09. The summed E-state index contributed by atoms with van der Waals surface area (Å²) in [7, 11) is 0. The van der Waals surface area contributed by atoms with E-state index in [2.05, 4.69) is 35.0 Å². The van der Waals surface area contributed by atoms with E-state index in [0.29, 0.717) is 5.57 Å². The first-order valence-corrected chi connectivity index (χ1v) is 9.53. The fraction of sp³-hybridized carbons (Fsp3) is 0.0800. The van der Waals surface area contributed by atoms with E-state index in [9.17, 15) is 5.26 Å². The van der Waals surface area contributed by atoms with Crippen LogP contribution in [0.5, 0.6) is 0 Å². The van der Waals surface area contributed by atoms with Gasteiger partial charge in [-0.1, -0.05) is 71.8 Å². The lowest BCUT2D eigenvalue weighted by Crippen LogP contribution is -1.97. The molecule has 2 nitrogen and oxygen atoms in total. The molecule has 1 heterocycles. The number of aromatic nitrogens is 1. The number of benzene rings is 3. The minimum absolute atomic E-state index is 0.658. The number of hydrogen-bond acceptors (Lipinski definition) is 1. The summed E-state index contributed by atoms with van der Waals surface area (Å²) in [6, 6.07) is 26.6. The molecule has 0 amide bonds. The van der Waals surface area contributed by atoms with E-state index in [1.165, 1.54) is 5.56 Å². The second-order valence-corrected chi connectivity index (χ2v) is 7.33. The zero-order valence-electron chi connectivity index (χ0n) is 15.6. The highest BCUT2D eigenvalue weighted by Crippen LogP contribution is 2.27. The second-order valence-electron chi connectivity index (χ2n) is 6.90. The van der Waals surface area contributed by atoms with Crippen LogP contribution >= 0.6 is 11.6 Å². The minimum Gasteiger partial charge on any atom is -0.342 e. The number of nitriles is 1. The quantitative estimate of drug-likeness (QED) is 0.360. The molecule has 4 rings (SSSR count). The van der Waals surface area contributed by atoms with E-state index >= 15 is 0 Å². The first kappa shape index (κ1) is 18.1. The van der Waals surface area contributed by atoms with Crippen molar-refractivity contribution in [1.29, 1.82) is 5.26 Å². The van der Waals surface area contributed by atoms with E-state index in [0.717, 1.165) is 39.2 Å². The van der Waals surface area contributed by atoms with Gasteiger partial charge in [0.25, 0.3) is 0 Å². The zero-order chi connectivity index (χ0) is 19.5. The van der Waals surface area contributed by atoms with Crippen molar-refractivity contribution in [3.8, 4) is 6.07 Å². The number of hydrogen-bond donors (Lipinski definition) is 0. The molecule has 0 aliphatic rings. The van der Waals surface area contributed by atoms with Crippen molar-refractivity contribution in [2.45, 2.75) is 13.5 Å². The number of fused-ring (bicyclic) bond motifs is 1. The summed E-state index contributed by atoms with van der Waals surface area (Å²) in [5.41, 5.74) is 6.08. The Kier molecular flexibility index (Phi) is 5.02. The molecule has 0 unspecified atom stereocenters. The molecule has 0 saturated carbocycles. The first-order valence-electron chi connectivity index (χ1n) is 9.15. The lowest BCUT2D eigenvalue weighted by molar-refractivity contribution is 0.836. The van der Waals surface area contributed by atoms with Crippen molar-refractivity contribution >= 4 is 34.2 Å². The highest BCUT2D eigenvalue weighted by molar-refractivity contribution is 6.30. The number of para-hydroxylation sites is 1. The molecular formula is C25H19ClN2. The van der Waals surface area contributed by atoms with Crippen LogP contribution < -0.4 is 0 Å². The van der Waals surface area contributed by atoms with Gasteiger partial charge in [0, 0.05) is 34.2 Å². The molecule has 0 aliphatic carbocycles. The van der Waals surface area contributed by atoms with E-state index in [4.69, 9.17) is 11.6 Å². The molecular weight excluding hydrogens is 364 g/mol. The first-order chi connectivity index (χ1) is 13.6. The Bertz CT molecular complexity index is 1210. The highest BCUT2D eigenvalue weighted by atomic mass is 35.5. The van der Waals surface area contributed by atoms with Crippen LogP contribution in [0.25, 0.3) is 22.6 Å². The van der Waals surface area contributed by atoms with Gasteiger partial charge in [-0.15, -0.1) is 0 Å². The van der Waals surface area contributed by atoms with Gasteiger partial charge in [-0.05, 0) is 42.3 Å². The lowest BCUT2D eigenvalue weighted by atomic mass is 10.0. The van der Waals surface area contributed by atoms with Crippen molar-refractivity contribution in [3.63, 3.8) is 0 Å². The Hall–Kier alpha value is -3.28. The minimum atomic E-state index is 0.658. The van der Waals surface area contributed by atoms with Crippen molar-refractivity contribution in [2.75, 3.05) is 0 Å². The van der Waals surface area contributed by atoms with Gasteiger partial charge in [-0.3, -0.25) is 0 Å². The third-order valence-electron chi connectivity index (χ3n) is 4.84. The summed E-state index contributed by atoms with van der Waals surface area (Å²) in [6.07, 6.45) is 4.08. The molecule has 0 fully saturated rings. The molecule has 0 saturated heterocycles. The van der Waals surface area contributed by atoms with E-state index in [-0.39, 0.29) is 0 Å². The summed E-state index contributed by atoms with van der Waals surface area (Å²) in [6.45, 7) is 2.77. The fourth-order valence-electron chi connectivity index (χ4n) is 3.42. The average Bonchev–Trinajstić information content (AvgIpc) is 3.04. The number of aryl methyl sites for hydroxylation is 1. The predicted octanol–water partition coefficient (Wildman–Crippen LogP) is 6.72.